The molecule has 4 rings (SSSR count). The number of nitrogens with zero attached hydrogens (tertiary/aromatic N) is 7. The molecule has 0 radical (unpaired) electrons. The van der Waals surface area contributed by atoms with Crippen molar-refractivity contribution in [2.45, 2.75) is 52.6 Å². The number of rotatable bonds is 6. The molecule has 0 bridgehead atoms. The van der Waals surface area contributed by atoms with Gasteiger partial charge in [-0.05, 0) is 37.3 Å². The SMILES string of the molecule is CCc1cc(N2CCCC2c2nncn2CC(C)C)nc(-c2ccncc2)n1. The Labute approximate surface area is 165 Å². The Morgan fingerprint density at radius 2 is 2.00 bits per heavy atom. The average molecular weight is 377 g/mol. The average Bonchev–Trinajstić information content (AvgIpc) is 3.37. The smallest absolute Gasteiger partial charge is 0.161 e. The Balaban J connectivity index is 1.71. The molecule has 0 amide bonds. The quantitative estimate of drug-likeness (QED) is 0.652. The Bertz CT molecular complexity index is 920. The van der Waals surface area contributed by atoms with Crippen LogP contribution >= 0.6 is 0 Å². The first-order valence-electron chi connectivity index (χ1n) is 10.1. The van der Waals surface area contributed by atoms with Crippen LogP contribution in [0, 0.1) is 5.92 Å². The Hall–Kier alpha value is -2.83. The van der Waals surface area contributed by atoms with E-state index in [1.165, 1.54) is 0 Å². The number of hydrogen-bond acceptors (Lipinski definition) is 6. The normalized spacial score (nSPS) is 16.9. The highest BCUT2D eigenvalue weighted by atomic mass is 15.3. The molecule has 7 nitrogen and oxygen atoms in total. The summed E-state index contributed by atoms with van der Waals surface area (Å²) in [5, 5.41) is 8.66. The van der Waals surface area contributed by atoms with Crippen LogP contribution < -0.4 is 4.90 Å². The summed E-state index contributed by atoms with van der Waals surface area (Å²) in [5.74, 6) is 3.31. The lowest BCUT2D eigenvalue weighted by Crippen LogP contribution is -2.27. The molecule has 7 heteroatoms. The summed E-state index contributed by atoms with van der Waals surface area (Å²) in [6.45, 7) is 8.46. The molecule has 1 saturated heterocycles. The molecule has 0 spiro atoms. The van der Waals surface area contributed by atoms with Gasteiger partial charge in [0.15, 0.2) is 11.6 Å². The molecule has 146 valence electrons. The summed E-state index contributed by atoms with van der Waals surface area (Å²) in [7, 11) is 0. The zero-order chi connectivity index (χ0) is 19.5. The van der Waals surface area contributed by atoms with Crippen LogP contribution in [0.4, 0.5) is 5.82 Å². The lowest BCUT2D eigenvalue weighted by molar-refractivity contribution is 0.487. The van der Waals surface area contributed by atoms with Gasteiger partial charge in [-0.2, -0.15) is 0 Å². The van der Waals surface area contributed by atoms with Crippen LogP contribution in [0.5, 0.6) is 0 Å². The first-order valence-corrected chi connectivity index (χ1v) is 10.1. The molecule has 1 aliphatic heterocycles. The highest BCUT2D eigenvalue weighted by Crippen LogP contribution is 2.35. The van der Waals surface area contributed by atoms with Crippen LogP contribution in [0.25, 0.3) is 11.4 Å². The number of aromatic nitrogens is 6. The molecule has 4 heterocycles. The maximum absolute atomic E-state index is 4.91. The zero-order valence-corrected chi connectivity index (χ0v) is 16.8. The predicted molar refractivity (Wildman–Crippen MR) is 109 cm³/mol. The standard InChI is InChI=1S/C21H27N7/c1-4-17-12-19(25-20(24-17)16-7-9-22-10-8-16)28-11-5-6-18(28)21-26-23-14-27(21)13-15(2)3/h7-10,12,14-15,18H,4-6,11,13H2,1-3H3. The minimum absolute atomic E-state index is 0.200. The molecule has 1 atom stereocenters. The highest BCUT2D eigenvalue weighted by Gasteiger charge is 2.31. The van der Waals surface area contributed by atoms with E-state index in [1.54, 1.807) is 12.4 Å². The van der Waals surface area contributed by atoms with E-state index in [0.717, 1.165) is 61.1 Å². The predicted octanol–water partition coefficient (Wildman–Crippen LogP) is 3.69. The summed E-state index contributed by atoms with van der Waals surface area (Å²) in [5.41, 5.74) is 2.04. The third-order valence-electron chi connectivity index (χ3n) is 5.12. The van der Waals surface area contributed by atoms with E-state index >= 15 is 0 Å². The molecule has 1 aliphatic rings. The third-order valence-corrected chi connectivity index (χ3v) is 5.12. The lowest BCUT2D eigenvalue weighted by atomic mass is 10.1. The second-order valence-electron chi connectivity index (χ2n) is 7.72. The second kappa shape index (κ2) is 8.04. The van der Waals surface area contributed by atoms with Gasteiger partial charge in [0.1, 0.15) is 12.1 Å². The highest BCUT2D eigenvalue weighted by molar-refractivity contribution is 5.58. The van der Waals surface area contributed by atoms with Crippen LogP contribution in [-0.2, 0) is 13.0 Å². The van der Waals surface area contributed by atoms with Crippen LogP contribution in [0.1, 0.15) is 51.2 Å². The Kier molecular flexibility index (Phi) is 5.32. The van der Waals surface area contributed by atoms with E-state index in [2.05, 4.69) is 51.5 Å². The van der Waals surface area contributed by atoms with E-state index in [-0.39, 0.29) is 6.04 Å². The minimum atomic E-state index is 0.200. The summed E-state index contributed by atoms with van der Waals surface area (Å²) < 4.78 is 2.19. The van der Waals surface area contributed by atoms with Crippen LogP contribution in [-0.4, -0.2) is 36.3 Å². The molecule has 28 heavy (non-hydrogen) atoms. The topological polar surface area (TPSA) is 72.6 Å². The summed E-state index contributed by atoms with van der Waals surface area (Å²) >= 11 is 0. The monoisotopic (exact) mass is 377 g/mol. The van der Waals surface area contributed by atoms with Crippen LogP contribution in [0.15, 0.2) is 36.9 Å². The first-order chi connectivity index (χ1) is 13.7. The molecule has 0 N–H and O–H groups in total. The van der Waals surface area contributed by atoms with Gasteiger partial charge in [0, 0.05) is 42.8 Å². The summed E-state index contributed by atoms with van der Waals surface area (Å²) in [6.07, 6.45) is 8.47. The van der Waals surface area contributed by atoms with Gasteiger partial charge in [-0.25, -0.2) is 9.97 Å². The number of pyridine rings is 1. The molecule has 0 aliphatic carbocycles. The second-order valence-corrected chi connectivity index (χ2v) is 7.72. The largest absolute Gasteiger partial charge is 0.346 e. The van der Waals surface area contributed by atoms with Crippen molar-refractivity contribution in [3.8, 4) is 11.4 Å². The van der Waals surface area contributed by atoms with Crippen molar-refractivity contribution in [2.24, 2.45) is 5.92 Å². The molecule has 3 aromatic heterocycles. The molecule has 1 fully saturated rings. The summed E-state index contributed by atoms with van der Waals surface area (Å²) in [6, 6.07) is 6.23. The maximum Gasteiger partial charge on any atom is 0.161 e. The minimum Gasteiger partial charge on any atom is -0.346 e. The molecule has 0 saturated carbocycles. The lowest BCUT2D eigenvalue weighted by Gasteiger charge is -2.26. The zero-order valence-electron chi connectivity index (χ0n) is 16.8. The molecular weight excluding hydrogens is 350 g/mol. The fourth-order valence-corrected chi connectivity index (χ4v) is 3.81. The van der Waals surface area contributed by atoms with Gasteiger partial charge in [-0.15, -0.1) is 10.2 Å². The maximum atomic E-state index is 4.91. The molecular formula is C21H27N7. The fourth-order valence-electron chi connectivity index (χ4n) is 3.81. The number of anilines is 1. The molecule has 3 aromatic rings. The summed E-state index contributed by atoms with van der Waals surface area (Å²) in [4.78, 5) is 16.1. The van der Waals surface area contributed by atoms with Gasteiger partial charge < -0.3 is 9.47 Å². The van der Waals surface area contributed by atoms with Gasteiger partial charge in [0.25, 0.3) is 0 Å². The van der Waals surface area contributed by atoms with Crippen molar-refractivity contribution in [2.75, 3.05) is 11.4 Å². The first kappa shape index (κ1) is 18.5. The van der Waals surface area contributed by atoms with Gasteiger partial charge in [0.05, 0.1) is 6.04 Å². The van der Waals surface area contributed by atoms with Crippen molar-refractivity contribution in [3.63, 3.8) is 0 Å². The fraction of sp³-hybridized carbons (Fsp3) is 0.476. The van der Waals surface area contributed by atoms with E-state index in [0.29, 0.717) is 5.92 Å². The number of aryl methyl sites for hydroxylation is 1. The van der Waals surface area contributed by atoms with Crippen LogP contribution in [0.2, 0.25) is 0 Å². The molecule has 0 aromatic carbocycles. The number of hydrogen-bond donors (Lipinski definition) is 0. The van der Waals surface area contributed by atoms with Crippen molar-refractivity contribution >= 4 is 5.82 Å². The van der Waals surface area contributed by atoms with Crippen molar-refractivity contribution < 1.29 is 0 Å². The van der Waals surface area contributed by atoms with Gasteiger partial charge in [-0.3, -0.25) is 4.98 Å². The van der Waals surface area contributed by atoms with E-state index in [4.69, 9.17) is 9.97 Å². The van der Waals surface area contributed by atoms with Crippen molar-refractivity contribution in [3.05, 3.63) is 48.4 Å². The Morgan fingerprint density at radius 3 is 2.75 bits per heavy atom. The van der Waals surface area contributed by atoms with Gasteiger partial charge in [-0.1, -0.05) is 20.8 Å². The van der Waals surface area contributed by atoms with Gasteiger partial charge >= 0.3 is 0 Å². The van der Waals surface area contributed by atoms with Gasteiger partial charge in [0.2, 0.25) is 0 Å². The van der Waals surface area contributed by atoms with Crippen molar-refractivity contribution in [1.29, 1.82) is 0 Å². The van der Waals surface area contributed by atoms with Crippen molar-refractivity contribution in [1.82, 2.24) is 29.7 Å². The van der Waals surface area contributed by atoms with E-state index in [1.807, 2.05) is 18.5 Å². The van der Waals surface area contributed by atoms with Crippen LogP contribution in [0.3, 0.4) is 0 Å². The third kappa shape index (κ3) is 3.74. The van der Waals surface area contributed by atoms with E-state index in [9.17, 15) is 0 Å². The molecule has 1 unspecified atom stereocenters. The van der Waals surface area contributed by atoms with E-state index < -0.39 is 0 Å². The Morgan fingerprint density at radius 1 is 1.18 bits per heavy atom.